The zero-order valence-corrected chi connectivity index (χ0v) is 16.5. The predicted molar refractivity (Wildman–Crippen MR) is 112 cm³/mol. The van der Waals surface area contributed by atoms with E-state index in [4.69, 9.17) is 9.47 Å². The van der Waals surface area contributed by atoms with Crippen LogP contribution in [0.2, 0.25) is 0 Å². The number of aliphatic hydroxyl groups excluding tert-OH is 4. The summed E-state index contributed by atoms with van der Waals surface area (Å²) < 4.78 is 11.1. The standard InChI is InChI=1S/C22H28N2O6/c25-11-19-17(27)9-21(29-19)23-15-5-1-13(2-6-15)14-3-7-16(8-4-14)24-22-10-18(28)20(12-26)30-22/h1-8,17-28H,9-12H2/t17-,18+,19+,20-,21-,22-/m0/s1. The molecule has 162 valence electrons. The minimum absolute atomic E-state index is 0.196. The highest BCUT2D eigenvalue weighted by molar-refractivity contribution is 5.68. The highest BCUT2D eigenvalue weighted by Crippen LogP contribution is 2.27. The van der Waals surface area contributed by atoms with Gasteiger partial charge in [0.1, 0.15) is 24.7 Å². The Bertz CT molecular complexity index is 746. The van der Waals surface area contributed by atoms with Crippen molar-refractivity contribution in [3.8, 4) is 11.1 Å². The molecule has 2 aliphatic heterocycles. The Hall–Kier alpha value is -2.20. The van der Waals surface area contributed by atoms with Crippen molar-refractivity contribution in [1.82, 2.24) is 0 Å². The van der Waals surface area contributed by atoms with Gasteiger partial charge in [0.15, 0.2) is 0 Å². The van der Waals surface area contributed by atoms with Gasteiger partial charge in [-0.3, -0.25) is 0 Å². The molecule has 2 aliphatic rings. The lowest BCUT2D eigenvalue weighted by atomic mass is 10.0. The van der Waals surface area contributed by atoms with Gasteiger partial charge in [-0.25, -0.2) is 0 Å². The maximum Gasteiger partial charge on any atom is 0.130 e. The first-order valence-electron chi connectivity index (χ1n) is 10.2. The van der Waals surface area contributed by atoms with Gasteiger partial charge in [-0.05, 0) is 35.4 Å². The average Bonchev–Trinajstić information content (AvgIpc) is 3.30. The molecule has 2 fully saturated rings. The van der Waals surface area contributed by atoms with Crippen molar-refractivity contribution in [2.24, 2.45) is 0 Å². The summed E-state index contributed by atoms with van der Waals surface area (Å²) >= 11 is 0. The number of rotatable bonds is 7. The van der Waals surface area contributed by atoms with E-state index in [1.165, 1.54) is 0 Å². The molecule has 0 amide bonds. The minimum atomic E-state index is -0.661. The predicted octanol–water partition coefficient (Wildman–Crippen LogP) is 1.11. The third-order valence-corrected chi connectivity index (χ3v) is 5.57. The topological polar surface area (TPSA) is 123 Å². The van der Waals surface area contributed by atoms with Crippen LogP contribution in [-0.2, 0) is 9.47 Å². The van der Waals surface area contributed by atoms with E-state index in [1.54, 1.807) is 0 Å². The monoisotopic (exact) mass is 416 g/mol. The van der Waals surface area contributed by atoms with Crippen molar-refractivity contribution in [1.29, 1.82) is 0 Å². The van der Waals surface area contributed by atoms with E-state index in [2.05, 4.69) is 10.6 Å². The summed E-state index contributed by atoms with van der Waals surface area (Å²) in [5.41, 5.74) is 3.87. The van der Waals surface area contributed by atoms with Gasteiger partial charge in [-0.1, -0.05) is 24.3 Å². The number of hydrogen-bond donors (Lipinski definition) is 6. The number of benzene rings is 2. The fraction of sp³-hybridized carbons (Fsp3) is 0.455. The molecule has 2 heterocycles. The van der Waals surface area contributed by atoms with Crippen LogP contribution in [0.3, 0.4) is 0 Å². The summed E-state index contributed by atoms with van der Waals surface area (Å²) in [5, 5.41) is 44.4. The van der Waals surface area contributed by atoms with Crippen LogP contribution in [0, 0.1) is 0 Å². The Balaban J connectivity index is 1.33. The summed E-state index contributed by atoms with van der Waals surface area (Å²) in [6, 6.07) is 15.8. The molecule has 0 radical (unpaired) electrons. The fourth-order valence-corrected chi connectivity index (χ4v) is 3.86. The number of anilines is 2. The van der Waals surface area contributed by atoms with Crippen molar-refractivity contribution in [3.05, 3.63) is 48.5 Å². The summed E-state index contributed by atoms with van der Waals surface area (Å²) in [7, 11) is 0. The van der Waals surface area contributed by atoms with E-state index in [0.29, 0.717) is 12.8 Å². The van der Waals surface area contributed by atoms with Crippen LogP contribution in [0.15, 0.2) is 48.5 Å². The molecule has 8 nitrogen and oxygen atoms in total. The normalized spacial score (nSPS) is 31.1. The third-order valence-electron chi connectivity index (χ3n) is 5.57. The lowest BCUT2D eigenvalue weighted by molar-refractivity contribution is -0.0149. The second-order valence-corrected chi connectivity index (χ2v) is 7.74. The highest BCUT2D eigenvalue weighted by Gasteiger charge is 2.34. The van der Waals surface area contributed by atoms with E-state index in [1.807, 2.05) is 48.5 Å². The van der Waals surface area contributed by atoms with Gasteiger partial charge in [0.25, 0.3) is 0 Å². The summed E-state index contributed by atoms with van der Waals surface area (Å²) in [5.74, 6) is 0. The van der Waals surface area contributed by atoms with Crippen LogP contribution >= 0.6 is 0 Å². The largest absolute Gasteiger partial charge is 0.394 e. The summed E-state index contributed by atoms with van der Waals surface area (Å²) in [4.78, 5) is 0. The molecule has 2 saturated heterocycles. The van der Waals surface area contributed by atoms with Crippen LogP contribution in [0.4, 0.5) is 11.4 Å². The molecule has 2 aromatic rings. The second kappa shape index (κ2) is 9.30. The molecule has 6 N–H and O–H groups in total. The van der Waals surface area contributed by atoms with E-state index in [9.17, 15) is 20.4 Å². The fourth-order valence-electron chi connectivity index (χ4n) is 3.86. The first-order valence-corrected chi connectivity index (χ1v) is 10.2. The molecule has 30 heavy (non-hydrogen) atoms. The second-order valence-electron chi connectivity index (χ2n) is 7.74. The number of aliphatic hydroxyl groups is 4. The molecule has 0 aliphatic carbocycles. The molecule has 2 aromatic carbocycles. The molecule has 0 spiro atoms. The van der Waals surface area contributed by atoms with Crippen molar-refractivity contribution in [2.45, 2.75) is 49.7 Å². The maximum atomic E-state index is 9.82. The van der Waals surface area contributed by atoms with Gasteiger partial charge in [0, 0.05) is 24.2 Å². The van der Waals surface area contributed by atoms with Gasteiger partial charge >= 0.3 is 0 Å². The van der Waals surface area contributed by atoms with E-state index in [0.717, 1.165) is 22.5 Å². The lowest BCUT2D eigenvalue weighted by Crippen LogP contribution is -2.25. The Morgan fingerprint density at radius 2 is 1.03 bits per heavy atom. The number of nitrogens with one attached hydrogen (secondary N) is 2. The van der Waals surface area contributed by atoms with Crippen LogP contribution in [0.25, 0.3) is 11.1 Å². The third kappa shape index (κ3) is 4.75. The summed E-state index contributed by atoms with van der Waals surface area (Å²) in [6.07, 6.45) is -2.18. The first kappa shape index (κ1) is 21.0. The van der Waals surface area contributed by atoms with Crippen LogP contribution < -0.4 is 10.6 Å². The SMILES string of the molecule is OC[C@@H]1O[C@H](Nc2ccc(-c3ccc(N[C@@H]4C[C@H](O)[C@@H](CO)O4)cc3)cc2)C[C@H]1O. The van der Waals surface area contributed by atoms with Crippen LogP contribution in [0.5, 0.6) is 0 Å². The summed E-state index contributed by atoms with van der Waals surface area (Å²) in [6.45, 7) is -0.392. The van der Waals surface area contributed by atoms with Crippen molar-refractivity contribution in [3.63, 3.8) is 0 Å². The molecule has 0 saturated carbocycles. The van der Waals surface area contributed by atoms with Crippen molar-refractivity contribution < 1.29 is 29.9 Å². The lowest BCUT2D eigenvalue weighted by Gasteiger charge is -2.16. The molecule has 4 rings (SSSR count). The van der Waals surface area contributed by atoms with Gasteiger partial charge in [0.2, 0.25) is 0 Å². The van der Waals surface area contributed by atoms with Crippen LogP contribution in [-0.4, -0.2) is 70.5 Å². The average molecular weight is 416 g/mol. The smallest absolute Gasteiger partial charge is 0.130 e. The van der Waals surface area contributed by atoms with Gasteiger partial charge in [-0.15, -0.1) is 0 Å². The number of hydrogen-bond acceptors (Lipinski definition) is 8. The molecule has 6 atom stereocenters. The Morgan fingerprint density at radius 3 is 1.33 bits per heavy atom. The zero-order chi connectivity index (χ0) is 21.1. The Morgan fingerprint density at radius 1 is 0.667 bits per heavy atom. The molecule has 0 unspecified atom stereocenters. The van der Waals surface area contributed by atoms with Gasteiger partial charge < -0.3 is 40.5 Å². The zero-order valence-electron chi connectivity index (χ0n) is 16.5. The molecular formula is C22H28N2O6. The molecule has 0 bridgehead atoms. The van der Waals surface area contributed by atoms with Gasteiger partial charge in [0.05, 0.1) is 25.4 Å². The molecular weight excluding hydrogens is 388 g/mol. The van der Waals surface area contributed by atoms with E-state index < -0.39 is 24.4 Å². The number of ether oxygens (including phenoxy) is 2. The Labute approximate surface area is 175 Å². The van der Waals surface area contributed by atoms with Gasteiger partial charge in [-0.2, -0.15) is 0 Å². The highest BCUT2D eigenvalue weighted by atomic mass is 16.5. The maximum absolute atomic E-state index is 9.82. The first-order chi connectivity index (χ1) is 14.6. The van der Waals surface area contributed by atoms with Crippen LogP contribution in [0.1, 0.15) is 12.8 Å². The van der Waals surface area contributed by atoms with Crippen molar-refractivity contribution >= 4 is 11.4 Å². The van der Waals surface area contributed by atoms with E-state index in [-0.39, 0.29) is 25.7 Å². The molecule has 8 heteroatoms. The minimum Gasteiger partial charge on any atom is -0.394 e. The quantitative estimate of drug-likeness (QED) is 0.397. The van der Waals surface area contributed by atoms with E-state index >= 15 is 0 Å². The van der Waals surface area contributed by atoms with Crippen molar-refractivity contribution in [2.75, 3.05) is 23.8 Å². The Kier molecular flexibility index (Phi) is 6.52. The molecule has 0 aromatic heterocycles.